The van der Waals surface area contributed by atoms with Gasteiger partial charge in [-0.1, -0.05) is 12.1 Å². The lowest BCUT2D eigenvalue weighted by molar-refractivity contribution is -0.119. The summed E-state index contributed by atoms with van der Waals surface area (Å²) in [6.45, 7) is 0.470. The molecule has 3 amide bonds. The van der Waals surface area contributed by atoms with Crippen molar-refractivity contribution in [2.24, 2.45) is 0 Å². The topological polar surface area (TPSA) is 70.7 Å². The second kappa shape index (κ2) is 7.86. The number of para-hydroxylation sites is 1. The van der Waals surface area contributed by atoms with Crippen LogP contribution >= 0.6 is 0 Å². The Labute approximate surface area is 150 Å². The first-order chi connectivity index (χ1) is 12.6. The van der Waals surface area contributed by atoms with E-state index in [0.717, 1.165) is 0 Å². The molecule has 3 rings (SSSR count). The molecule has 2 aromatic carbocycles. The molecule has 0 spiro atoms. The van der Waals surface area contributed by atoms with E-state index >= 15 is 0 Å². The molecule has 2 aromatic rings. The maximum Gasteiger partial charge on any atom is 0.322 e. The van der Waals surface area contributed by atoms with Crippen LogP contribution in [0.15, 0.2) is 48.5 Å². The van der Waals surface area contributed by atoms with Crippen LogP contribution in [0.1, 0.15) is 12.8 Å². The van der Waals surface area contributed by atoms with Gasteiger partial charge < -0.3 is 20.3 Å². The molecule has 1 aliphatic heterocycles. The van der Waals surface area contributed by atoms with Crippen LogP contribution in [0, 0.1) is 5.82 Å². The van der Waals surface area contributed by atoms with E-state index in [9.17, 15) is 14.0 Å². The smallest absolute Gasteiger partial charge is 0.322 e. The Bertz CT molecular complexity index is 795. The van der Waals surface area contributed by atoms with Gasteiger partial charge in [0.05, 0.1) is 12.8 Å². The SMILES string of the molecule is COc1ccc(NC(=O)N2CCC[C@@H]2C(=O)Nc2ccccc2F)cc1. The molecular weight excluding hydrogens is 337 g/mol. The van der Waals surface area contributed by atoms with E-state index in [0.29, 0.717) is 30.8 Å². The first kappa shape index (κ1) is 17.7. The van der Waals surface area contributed by atoms with Crippen LogP contribution in [0.25, 0.3) is 0 Å². The molecule has 0 bridgehead atoms. The number of ether oxygens (including phenoxy) is 1. The highest BCUT2D eigenvalue weighted by Crippen LogP contribution is 2.22. The number of methoxy groups -OCH3 is 1. The van der Waals surface area contributed by atoms with Crippen molar-refractivity contribution in [1.29, 1.82) is 0 Å². The second-order valence-corrected chi connectivity index (χ2v) is 5.98. The minimum absolute atomic E-state index is 0.111. The number of carbonyl (C=O) groups is 2. The lowest BCUT2D eigenvalue weighted by Crippen LogP contribution is -2.45. The lowest BCUT2D eigenvalue weighted by Gasteiger charge is -2.24. The normalized spacial score (nSPS) is 16.2. The fourth-order valence-corrected chi connectivity index (χ4v) is 2.93. The molecule has 0 radical (unpaired) electrons. The van der Waals surface area contributed by atoms with Crippen molar-refractivity contribution in [1.82, 2.24) is 4.90 Å². The Hall–Kier alpha value is -3.09. The summed E-state index contributed by atoms with van der Waals surface area (Å²) in [5.74, 6) is -0.211. The summed E-state index contributed by atoms with van der Waals surface area (Å²) in [6, 6.07) is 11.9. The molecule has 1 atom stereocenters. The zero-order valence-electron chi connectivity index (χ0n) is 14.4. The fourth-order valence-electron chi connectivity index (χ4n) is 2.93. The average molecular weight is 357 g/mol. The third-order valence-corrected chi connectivity index (χ3v) is 4.29. The standard InChI is InChI=1S/C19H20FN3O3/c1-26-14-10-8-13(9-11-14)21-19(25)23-12-4-7-17(23)18(24)22-16-6-3-2-5-15(16)20/h2-3,5-6,8-11,17H,4,7,12H2,1H3,(H,21,25)(H,22,24)/t17-/m1/s1. The van der Waals surface area contributed by atoms with E-state index in [4.69, 9.17) is 4.74 Å². The van der Waals surface area contributed by atoms with Crippen LogP contribution in [0.2, 0.25) is 0 Å². The van der Waals surface area contributed by atoms with Gasteiger partial charge in [-0.15, -0.1) is 0 Å². The van der Waals surface area contributed by atoms with Gasteiger partial charge >= 0.3 is 6.03 Å². The number of hydrogen-bond donors (Lipinski definition) is 2. The summed E-state index contributed by atoms with van der Waals surface area (Å²) >= 11 is 0. The molecule has 2 N–H and O–H groups in total. The van der Waals surface area contributed by atoms with E-state index in [1.165, 1.54) is 17.0 Å². The number of amides is 3. The number of nitrogens with zero attached hydrogens (tertiary/aromatic N) is 1. The second-order valence-electron chi connectivity index (χ2n) is 5.98. The van der Waals surface area contributed by atoms with E-state index in [1.54, 1.807) is 43.5 Å². The summed E-state index contributed by atoms with van der Waals surface area (Å²) in [5.41, 5.74) is 0.718. The van der Waals surface area contributed by atoms with Crippen molar-refractivity contribution in [2.75, 3.05) is 24.3 Å². The molecule has 6 nitrogen and oxygen atoms in total. The summed E-state index contributed by atoms with van der Waals surface area (Å²) in [7, 11) is 1.57. The highest BCUT2D eigenvalue weighted by molar-refractivity contribution is 5.99. The quantitative estimate of drug-likeness (QED) is 0.880. The average Bonchev–Trinajstić information content (AvgIpc) is 3.14. The Kier molecular flexibility index (Phi) is 5.36. The van der Waals surface area contributed by atoms with Crippen LogP contribution in [-0.2, 0) is 4.79 Å². The number of carbonyl (C=O) groups excluding carboxylic acids is 2. The van der Waals surface area contributed by atoms with Crippen molar-refractivity contribution >= 4 is 23.3 Å². The van der Waals surface area contributed by atoms with Crippen molar-refractivity contribution in [3.8, 4) is 5.75 Å². The number of rotatable bonds is 4. The van der Waals surface area contributed by atoms with Gasteiger partial charge in [-0.25, -0.2) is 9.18 Å². The molecule has 0 aromatic heterocycles. The highest BCUT2D eigenvalue weighted by Gasteiger charge is 2.34. The van der Waals surface area contributed by atoms with Gasteiger partial charge in [0.15, 0.2) is 0 Å². The summed E-state index contributed by atoms with van der Waals surface area (Å²) in [5, 5.41) is 5.34. The Morgan fingerprint density at radius 3 is 2.54 bits per heavy atom. The maximum absolute atomic E-state index is 13.7. The molecule has 0 saturated carbocycles. The van der Waals surface area contributed by atoms with Crippen LogP contribution in [-0.4, -0.2) is 36.5 Å². The first-order valence-electron chi connectivity index (χ1n) is 8.35. The molecule has 1 saturated heterocycles. The number of anilines is 2. The van der Waals surface area contributed by atoms with Gasteiger partial charge in [-0.3, -0.25) is 4.79 Å². The largest absolute Gasteiger partial charge is 0.497 e. The van der Waals surface area contributed by atoms with Gasteiger partial charge in [-0.05, 0) is 49.2 Å². The molecule has 7 heteroatoms. The summed E-state index contributed by atoms with van der Waals surface area (Å²) < 4.78 is 18.8. The number of halogens is 1. The zero-order valence-corrected chi connectivity index (χ0v) is 14.4. The lowest BCUT2D eigenvalue weighted by atomic mass is 10.2. The van der Waals surface area contributed by atoms with Gasteiger partial charge in [0.2, 0.25) is 5.91 Å². The van der Waals surface area contributed by atoms with E-state index < -0.39 is 17.8 Å². The fraction of sp³-hybridized carbons (Fsp3) is 0.263. The molecule has 0 aliphatic carbocycles. The van der Waals surface area contributed by atoms with E-state index in [-0.39, 0.29) is 11.7 Å². The van der Waals surface area contributed by atoms with Crippen molar-refractivity contribution in [3.05, 3.63) is 54.3 Å². The van der Waals surface area contributed by atoms with Crippen LogP contribution in [0.4, 0.5) is 20.6 Å². The van der Waals surface area contributed by atoms with Crippen molar-refractivity contribution in [2.45, 2.75) is 18.9 Å². The van der Waals surface area contributed by atoms with Gasteiger partial charge in [0.25, 0.3) is 0 Å². The minimum Gasteiger partial charge on any atom is -0.497 e. The third kappa shape index (κ3) is 3.93. The van der Waals surface area contributed by atoms with Gasteiger partial charge in [0.1, 0.15) is 17.6 Å². The predicted molar refractivity (Wildman–Crippen MR) is 96.8 cm³/mol. The summed E-state index contributed by atoms with van der Waals surface area (Å²) in [6.07, 6.45) is 1.25. The molecule has 26 heavy (non-hydrogen) atoms. The van der Waals surface area contributed by atoms with E-state index in [1.807, 2.05) is 0 Å². The zero-order chi connectivity index (χ0) is 18.5. The van der Waals surface area contributed by atoms with Crippen LogP contribution < -0.4 is 15.4 Å². The Balaban J connectivity index is 1.65. The van der Waals surface area contributed by atoms with Crippen molar-refractivity contribution < 1.29 is 18.7 Å². The number of likely N-dealkylation sites (tertiary alicyclic amines) is 1. The number of urea groups is 1. The Morgan fingerprint density at radius 2 is 1.85 bits per heavy atom. The molecule has 136 valence electrons. The molecule has 0 unspecified atom stereocenters. The molecule has 1 heterocycles. The molecule has 1 aliphatic rings. The third-order valence-electron chi connectivity index (χ3n) is 4.29. The highest BCUT2D eigenvalue weighted by atomic mass is 19.1. The van der Waals surface area contributed by atoms with Gasteiger partial charge in [-0.2, -0.15) is 0 Å². The van der Waals surface area contributed by atoms with Crippen molar-refractivity contribution in [3.63, 3.8) is 0 Å². The van der Waals surface area contributed by atoms with E-state index in [2.05, 4.69) is 10.6 Å². The maximum atomic E-state index is 13.7. The number of hydrogen-bond acceptors (Lipinski definition) is 3. The monoisotopic (exact) mass is 357 g/mol. The van der Waals surface area contributed by atoms with Gasteiger partial charge in [0, 0.05) is 12.2 Å². The Morgan fingerprint density at radius 1 is 1.12 bits per heavy atom. The number of nitrogens with one attached hydrogen (secondary N) is 2. The predicted octanol–water partition coefficient (Wildman–Crippen LogP) is 3.47. The first-order valence-corrected chi connectivity index (χ1v) is 8.35. The van der Waals surface area contributed by atoms with Crippen LogP contribution in [0.3, 0.4) is 0 Å². The molecule has 1 fully saturated rings. The summed E-state index contributed by atoms with van der Waals surface area (Å²) in [4.78, 5) is 26.5. The number of benzene rings is 2. The minimum atomic E-state index is -0.632. The van der Waals surface area contributed by atoms with Crippen LogP contribution in [0.5, 0.6) is 5.75 Å². The molecular formula is C19H20FN3O3.